The summed E-state index contributed by atoms with van der Waals surface area (Å²) < 4.78 is 57.0. The van der Waals surface area contributed by atoms with Gasteiger partial charge in [-0.1, -0.05) is 11.6 Å². The van der Waals surface area contributed by atoms with Crippen LogP contribution in [-0.4, -0.2) is 53.6 Å². The molecule has 4 rings (SSSR count). The number of alkyl halides is 3. The zero-order valence-electron chi connectivity index (χ0n) is 18.5. The van der Waals surface area contributed by atoms with Gasteiger partial charge in [-0.25, -0.2) is 14.2 Å². The number of rotatable bonds is 6. The van der Waals surface area contributed by atoms with Crippen LogP contribution in [-0.2, 0) is 11.0 Å². The largest absolute Gasteiger partial charge is 0.484 e. The Kier molecular flexibility index (Phi) is 7.34. The number of hydrogen-bond acceptors (Lipinski definition) is 4. The van der Waals surface area contributed by atoms with E-state index in [1.807, 2.05) is 0 Å². The van der Waals surface area contributed by atoms with Crippen LogP contribution < -0.4 is 15.0 Å². The van der Waals surface area contributed by atoms with Crippen LogP contribution >= 0.6 is 11.6 Å². The third-order valence-corrected chi connectivity index (χ3v) is 6.46. The van der Waals surface area contributed by atoms with Gasteiger partial charge < -0.3 is 15.0 Å². The molecule has 7 nitrogen and oxygen atoms in total. The van der Waals surface area contributed by atoms with E-state index in [0.29, 0.717) is 38.8 Å². The number of pyridine rings is 1. The molecule has 2 aliphatic rings. The van der Waals surface area contributed by atoms with Crippen molar-refractivity contribution < 1.29 is 31.9 Å². The molecule has 1 saturated heterocycles. The van der Waals surface area contributed by atoms with Gasteiger partial charge in [-0.3, -0.25) is 9.69 Å². The Labute approximate surface area is 204 Å². The predicted octanol–water partition coefficient (Wildman–Crippen LogP) is 4.64. The zero-order chi connectivity index (χ0) is 25.2. The lowest BCUT2D eigenvalue weighted by molar-refractivity contribution is -0.137. The Morgan fingerprint density at radius 1 is 1.14 bits per heavy atom. The number of benzene rings is 1. The van der Waals surface area contributed by atoms with Crippen LogP contribution in [0.4, 0.5) is 28.2 Å². The molecular weight excluding hydrogens is 492 g/mol. The first kappa shape index (κ1) is 25.0. The SMILES string of the molecule is O=C(COc1ccc(Cl)c(F)c1)NC1CCC(N2CCN(c3ccc(C(F)(F)F)cn3)C2=O)CC1. The molecule has 0 radical (unpaired) electrons. The Hall–Kier alpha value is -3.08. The molecule has 1 aromatic carbocycles. The average Bonchev–Trinajstić information content (AvgIpc) is 3.21. The van der Waals surface area contributed by atoms with Crippen molar-refractivity contribution in [1.29, 1.82) is 0 Å². The number of nitrogens with zero attached hydrogens (tertiary/aromatic N) is 3. The summed E-state index contributed by atoms with van der Waals surface area (Å²) in [7, 11) is 0. The second-order valence-corrected chi connectivity index (χ2v) is 8.88. The second-order valence-electron chi connectivity index (χ2n) is 8.47. The lowest BCUT2D eigenvalue weighted by atomic mass is 9.90. The molecule has 188 valence electrons. The number of amides is 3. The van der Waals surface area contributed by atoms with Crippen molar-refractivity contribution in [3.05, 3.63) is 52.9 Å². The van der Waals surface area contributed by atoms with Crippen LogP contribution in [0.2, 0.25) is 5.02 Å². The third-order valence-electron chi connectivity index (χ3n) is 6.16. The number of anilines is 1. The molecule has 1 aliphatic carbocycles. The van der Waals surface area contributed by atoms with Gasteiger partial charge in [0.25, 0.3) is 5.91 Å². The van der Waals surface area contributed by atoms with Crippen LogP contribution in [0.3, 0.4) is 0 Å². The number of carbonyl (C=O) groups is 2. The summed E-state index contributed by atoms with van der Waals surface area (Å²) in [5, 5.41) is 2.86. The molecule has 1 N–H and O–H groups in total. The van der Waals surface area contributed by atoms with Gasteiger partial charge in [0.05, 0.1) is 10.6 Å². The van der Waals surface area contributed by atoms with Gasteiger partial charge in [-0.2, -0.15) is 13.2 Å². The molecule has 2 heterocycles. The number of nitrogens with one attached hydrogen (secondary N) is 1. The highest BCUT2D eigenvalue weighted by atomic mass is 35.5. The minimum Gasteiger partial charge on any atom is -0.484 e. The summed E-state index contributed by atoms with van der Waals surface area (Å²) in [5.74, 6) is -0.579. The number of halogens is 5. The van der Waals surface area contributed by atoms with Gasteiger partial charge in [0.2, 0.25) is 0 Å². The number of aromatic nitrogens is 1. The van der Waals surface area contributed by atoms with E-state index in [4.69, 9.17) is 16.3 Å². The normalized spacial score (nSPS) is 20.8. The number of hydrogen-bond donors (Lipinski definition) is 1. The van der Waals surface area contributed by atoms with Gasteiger partial charge in [0, 0.05) is 37.4 Å². The molecular formula is C23H23ClF4N4O3. The van der Waals surface area contributed by atoms with Crippen LogP contribution in [0.5, 0.6) is 5.75 Å². The molecule has 2 aromatic rings. The second kappa shape index (κ2) is 10.3. The number of ether oxygens (including phenoxy) is 1. The minimum absolute atomic E-state index is 0.0246. The zero-order valence-corrected chi connectivity index (χ0v) is 19.3. The van der Waals surface area contributed by atoms with Crippen molar-refractivity contribution in [3.63, 3.8) is 0 Å². The standard InChI is InChI=1S/C23H23ClF4N4O3/c24-18-7-6-17(11-19(18)25)35-13-21(33)30-15-2-4-16(5-3-15)31-9-10-32(22(31)34)20-8-1-14(12-29-20)23(26,27)28/h1,6-8,11-12,15-16H,2-5,9-10,13H2,(H,30,33). The van der Waals surface area contributed by atoms with E-state index < -0.39 is 17.6 Å². The molecule has 1 saturated carbocycles. The van der Waals surface area contributed by atoms with Crippen molar-refractivity contribution in [2.75, 3.05) is 24.6 Å². The molecule has 3 amide bonds. The summed E-state index contributed by atoms with van der Waals surface area (Å²) in [5.41, 5.74) is -0.865. The lowest BCUT2D eigenvalue weighted by Crippen LogP contribution is -2.46. The quantitative estimate of drug-likeness (QED) is 0.570. The summed E-state index contributed by atoms with van der Waals surface area (Å²) in [4.78, 5) is 32.0. The average molecular weight is 515 g/mol. The van der Waals surface area contributed by atoms with E-state index in [0.717, 1.165) is 18.3 Å². The molecule has 0 spiro atoms. The van der Waals surface area contributed by atoms with Crippen LogP contribution in [0.1, 0.15) is 31.2 Å². The molecule has 2 fully saturated rings. The van der Waals surface area contributed by atoms with Gasteiger partial charge in [-0.15, -0.1) is 0 Å². The van der Waals surface area contributed by atoms with E-state index in [9.17, 15) is 27.2 Å². The third kappa shape index (κ3) is 5.95. The molecule has 0 bridgehead atoms. The minimum atomic E-state index is -4.49. The fraction of sp³-hybridized carbons (Fsp3) is 0.435. The Morgan fingerprint density at radius 2 is 1.89 bits per heavy atom. The van der Waals surface area contributed by atoms with E-state index in [1.165, 1.54) is 23.1 Å². The first-order valence-electron chi connectivity index (χ1n) is 11.1. The molecule has 1 aromatic heterocycles. The fourth-order valence-corrected chi connectivity index (χ4v) is 4.45. The molecule has 35 heavy (non-hydrogen) atoms. The highest BCUT2D eigenvalue weighted by Crippen LogP contribution is 2.31. The van der Waals surface area contributed by atoms with Crippen LogP contribution in [0.25, 0.3) is 0 Å². The Morgan fingerprint density at radius 3 is 2.51 bits per heavy atom. The monoisotopic (exact) mass is 514 g/mol. The molecule has 12 heteroatoms. The first-order chi connectivity index (χ1) is 16.6. The van der Waals surface area contributed by atoms with Crippen molar-refractivity contribution in [1.82, 2.24) is 15.2 Å². The van der Waals surface area contributed by atoms with Crippen molar-refractivity contribution in [3.8, 4) is 5.75 Å². The highest BCUT2D eigenvalue weighted by Gasteiger charge is 2.37. The molecule has 0 atom stereocenters. The van der Waals surface area contributed by atoms with Gasteiger partial charge in [0.1, 0.15) is 17.4 Å². The maximum Gasteiger partial charge on any atom is 0.417 e. The molecule has 1 aliphatic heterocycles. The van der Waals surface area contributed by atoms with Gasteiger partial charge in [0.15, 0.2) is 6.61 Å². The fourth-order valence-electron chi connectivity index (χ4n) is 4.34. The van der Waals surface area contributed by atoms with E-state index in [-0.39, 0.29) is 47.2 Å². The van der Waals surface area contributed by atoms with Crippen molar-refractivity contribution in [2.45, 2.75) is 43.9 Å². The number of urea groups is 1. The van der Waals surface area contributed by atoms with Crippen LogP contribution in [0.15, 0.2) is 36.5 Å². The maximum absolute atomic E-state index is 13.5. The van der Waals surface area contributed by atoms with Crippen LogP contribution in [0, 0.1) is 5.82 Å². The summed E-state index contributed by atoms with van der Waals surface area (Å²) in [6.45, 7) is 0.534. The van der Waals surface area contributed by atoms with Crippen molar-refractivity contribution >= 4 is 29.4 Å². The molecule has 0 unspecified atom stereocenters. The highest BCUT2D eigenvalue weighted by molar-refractivity contribution is 6.30. The Bertz CT molecular complexity index is 1080. The smallest absolute Gasteiger partial charge is 0.417 e. The predicted molar refractivity (Wildman–Crippen MR) is 120 cm³/mol. The summed E-state index contributed by atoms with van der Waals surface area (Å²) in [6, 6.07) is 5.67. The van der Waals surface area contributed by atoms with Crippen molar-refractivity contribution in [2.24, 2.45) is 0 Å². The van der Waals surface area contributed by atoms with E-state index >= 15 is 0 Å². The topological polar surface area (TPSA) is 74.8 Å². The number of carbonyl (C=O) groups excluding carboxylic acids is 2. The van der Waals surface area contributed by atoms with E-state index in [1.54, 1.807) is 4.90 Å². The lowest BCUT2D eigenvalue weighted by Gasteiger charge is -2.34. The van der Waals surface area contributed by atoms with Gasteiger partial charge >= 0.3 is 12.2 Å². The van der Waals surface area contributed by atoms with Gasteiger partial charge in [-0.05, 0) is 49.9 Å². The summed E-state index contributed by atoms with van der Waals surface area (Å²) >= 11 is 5.62. The first-order valence-corrected chi connectivity index (χ1v) is 11.5. The van der Waals surface area contributed by atoms with E-state index in [2.05, 4.69) is 10.3 Å². The maximum atomic E-state index is 13.5. The summed E-state index contributed by atoms with van der Waals surface area (Å²) in [6.07, 6.45) is -1.09. The Balaban J connectivity index is 1.23.